The molecule has 0 bridgehead atoms. The molecule has 4 aromatic rings. The van der Waals surface area contributed by atoms with Gasteiger partial charge in [0, 0.05) is 21.7 Å². The quantitative estimate of drug-likeness (QED) is 0.329. The van der Waals surface area contributed by atoms with E-state index in [9.17, 15) is 9.59 Å². The van der Waals surface area contributed by atoms with E-state index in [2.05, 4.69) is 10.4 Å². The number of halogens is 2. The first-order chi connectivity index (χ1) is 15.8. The van der Waals surface area contributed by atoms with Crippen molar-refractivity contribution >= 4 is 40.6 Å². The van der Waals surface area contributed by atoms with Crippen molar-refractivity contribution in [3.05, 3.63) is 116 Å². The van der Waals surface area contributed by atoms with E-state index in [4.69, 9.17) is 23.2 Å². The van der Waals surface area contributed by atoms with Crippen LogP contribution < -0.4 is 5.32 Å². The average Bonchev–Trinajstić information content (AvgIpc) is 3.06. The van der Waals surface area contributed by atoms with Gasteiger partial charge in [-0.05, 0) is 49.7 Å². The Morgan fingerprint density at radius 2 is 1.64 bits per heavy atom. The van der Waals surface area contributed by atoms with Gasteiger partial charge in [-0.2, -0.15) is 5.10 Å². The molecule has 1 amide bonds. The Morgan fingerprint density at radius 1 is 0.909 bits per heavy atom. The van der Waals surface area contributed by atoms with Crippen molar-refractivity contribution < 1.29 is 9.59 Å². The first-order valence-electron chi connectivity index (χ1n) is 10.3. The van der Waals surface area contributed by atoms with Crippen LogP contribution >= 0.6 is 23.2 Å². The van der Waals surface area contributed by atoms with Gasteiger partial charge in [-0.15, -0.1) is 0 Å². The normalized spacial score (nSPS) is 10.8. The lowest BCUT2D eigenvalue weighted by molar-refractivity contribution is 0.102. The predicted octanol–water partition coefficient (Wildman–Crippen LogP) is 6.34. The van der Waals surface area contributed by atoms with Crippen LogP contribution in [0.15, 0.2) is 72.8 Å². The van der Waals surface area contributed by atoms with Gasteiger partial charge >= 0.3 is 0 Å². The predicted molar refractivity (Wildman–Crippen MR) is 132 cm³/mol. The number of ketones is 1. The van der Waals surface area contributed by atoms with Gasteiger partial charge in [0.2, 0.25) is 0 Å². The van der Waals surface area contributed by atoms with E-state index in [0.717, 1.165) is 17.0 Å². The highest BCUT2D eigenvalue weighted by atomic mass is 35.5. The highest BCUT2D eigenvalue weighted by Gasteiger charge is 2.17. The zero-order valence-electron chi connectivity index (χ0n) is 18.1. The molecule has 0 unspecified atom stereocenters. The second-order valence-corrected chi connectivity index (χ2v) is 8.50. The van der Waals surface area contributed by atoms with Crippen molar-refractivity contribution in [3.63, 3.8) is 0 Å². The average molecular weight is 478 g/mol. The fourth-order valence-electron chi connectivity index (χ4n) is 3.57. The molecular formula is C26H21Cl2N3O2. The number of carbonyl (C=O) groups excluding carboxylic acids is 2. The van der Waals surface area contributed by atoms with Crippen molar-refractivity contribution in [2.45, 2.75) is 20.4 Å². The molecule has 0 saturated carbocycles. The van der Waals surface area contributed by atoms with Crippen LogP contribution in [-0.4, -0.2) is 21.5 Å². The number of hydrogen-bond acceptors (Lipinski definition) is 3. The Labute approximate surface area is 202 Å². The second kappa shape index (κ2) is 9.61. The fraction of sp³-hybridized carbons (Fsp3) is 0.115. The maximum Gasteiger partial charge on any atom is 0.255 e. The number of anilines is 1. The second-order valence-electron chi connectivity index (χ2n) is 7.68. The molecule has 0 aliphatic carbocycles. The van der Waals surface area contributed by atoms with Crippen molar-refractivity contribution in [1.29, 1.82) is 0 Å². The third kappa shape index (κ3) is 5.00. The van der Waals surface area contributed by atoms with Crippen LogP contribution in [0.25, 0.3) is 0 Å². The number of nitrogens with zero attached hydrogens (tertiary/aromatic N) is 2. The molecule has 0 aliphatic heterocycles. The minimum atomic E-state index is -0.326. The van der Waals surface area contributed by atoms with E-state index < -0.39 is 0 Å². The van der Waals surface area contributed by atoms with Crippen LogP contribution in [0.1, 0.15) is 43.2 Å². The number of carbonyl (C=O) groups is 2. The number of nitrogens with one attached hydrogen (secondary N) is 1. The van der Waals surface area contributed by atoms with E-state index in [1.165, 1.54) is 0 Å². The summed E-state index contributed by atoms with van der Waals surface area (Å²) in [5.41, 5.74) is 4.25. The first kappa shape index (κ1) is 22.8. The molecule has 0 radical (unpaired) electrons. The van der Waals surface area contributed by atoms with Crippen LogP contribution in [0.3, 0.4) is 0 Å². The third-order valence-corrected chi connectivity index (χ3v) is 6.11. The minimum absolute atomic E-state index is 0.219. The standard InChI is InChI=1S/C26H21Cl2N3O2/c1-16-24(28)17(2)31(30-16)15-18-7-6-10-20(13-18)26(33)29-23-12-11-21(27)14-22(23)25(32)19-8-4-3-5-9-19/h3-14H,15H2,1-2H3,(H,29,33). The van der Waals surface area contributed by atoms with Crippen LogP contribution in [0.2, 0.25) is 10.0 Å². The van der Waals surface area contributed by atoms with E-state index >= 15 is 0 Å². The van der Waals surface area contributed by atoms with E-state index in [1.807, 2.05) is 36.7 Å². The summed E-state index contributed by atoms with van der Waals surface area (Å²) < 4.78 is 1.81. The number of aryl methyl sites for hydroxylation is 1. The molecule has 5 nitrogen and oxygen atoms in total. The van der Waals surface area contributed by atoms with Crippen molar-refractivity contribution in [1.82, 2.24) is 9.78 Å². The molecule has 7 heteroatoms. The molecule has 3 aromatic carbocycles. The molecule has 0 spiro atoms. The van der Waals surface area contributed by atoms with Crippen LogP contribution in [0, 0.1) is 13.8 Å². The summed E-state index contributed by atoms with van der Waals surface area (Å²) in [6.45, 7) is 4.25. The summed E-state index contributed by atoms with van der Waals surface area (Å²) in [6.07, 6.45) is 0. The van der Waals surface area contributed by atoms with Gasteiger partial charge in [0.05, 0.1) is 28.6 Å². The monoisotopic (exact) mass is 477 g/mol. The SMILES string of the molecule is Cc1nn(Cc2cccc(C(=O)Nc3ccc(Cl)cc3C(=O)c3ccccc3)c2)c(C)c1Cl. The summed E-state index contributed by atoms with van der Waals surface area (Å²) in [5, 5.41) is 8.36. The van der Waals surface area contributed by atoms with Crippen LogP contribution in [0.5, 0.6) is 0 Å². The molecule has 1 aromatic heterocycles. The van der Waals surface area contributed by atoms with Crippen molar-refractivity contribution in [2.24, 2.45) is 0 Å². The topological polar surface area (TPSA) is 64.0 Å². The van der Waals surface area contributed by atoms with Gasteiger partial charge in [-0.25, -0.2) is 0 Å². The smallest absolute Gasteiger partial charge is 0.255 e. The van der Waals surface area contributed by atoms with Gasteiger partial charge in [0.1, 0.15) is 0 Å². The number of hydrogen-bond donors (Lipinski definition) is 1. The first-order valence-corrected chi connectivity index (χ1v) is 11.1. The highest BCUT2D eigenvalue weighted by molar-refractivity contribution is 6.32. The lowest BCUT2D eigenvalue weighted by atomic mass is 10.0. The minimum Gasteiger partial charge on any atom is -0.321 e. The summed E-state index contributed by atoms with van der Waals surface area (Å²) in [7, 11) is 0. The fourth-order valence-corrected chi connectivity index (χ4v) is 3.87. The van der Waals surface area contributed by atoms with Gasteiger partial charge in [0.15, 0.2) is 5.78 Å². The number of aromatic nitrogens is 2. The van der Waals surface area contributed by atoms with E-state index in [0.29, 0.717) is 39.0 Å². The molecule has 0 atom stereocenters. The highest BCUT2D eigenvalue weighted by Crippen LogP contribution is 2.25. The molecule has 1 N–H and O–H groups in total. The maximum absolute atomic E-state index is 13.0. The lowest BCUT2D eigenvalue weighted by Crippen LogP contribution is -2.16. The zero-order chi connectivity index (χ0) is 23.5. The van der Waals surface area contributed by atoms with Gasteiger partial charge in [0.25, 0.3) is 5.91 Å². The Kier molecular flexibility index (Phi) is 6.63. The Morgan fingerprint density at radius 3 is 2.33 bits per heavy atom. The Bertz CT molecular complexity index is 1350. The lowest BCUT2D eigenvalue weighted by Gasteiger charge is -2.12. The molecule has 166 valence electrons. The number of rotatable bonds is 6. The summed E-state index contributed by atoms with van der Waals surface area (Å²) in [6, 6.07) is 21.0. The van der Waals surface area contributed by atoms with E-state index in [1.54, 1.807) is 54.6 Å². The Balaban J connectivity index is 1.58. The maximum atomic E-state index is 13.0. The van der Waals surface area contributed by atoms with Gasteiger partial charge < -0.3 is 5.32 Å². The molecule has 0 aliphatic rings. The number of benzene rings is 3. The summed E-state index contributed by atoms with van der Waals surface area (Å²) in [5.74, 6) is -0.545. The third-order valence-electron chi connectivity index (χ3n) is 5.33. The van der Waals surface area contributed by atoms with Gasteiger partial charge in [-0.1, -0.05) is 65.7 Å². The molecule has 1 heterocycles. The van der Waals surface area contributed by atoms with Gasteiger partial charge in [-0.3, -0.25) is 14.3 Å². The van der Waals surface area contributed by atoms with Crippen LogP contribution in [0.4, 0.5) is 5.69 Å². The van der Waals surface area contributed by atoms with Crippen molar-refractivity contribution in [3.8, 4) is 0 Å². The largest absolute Gasteiger partial charge is 0.321 e. The van der Waals surface area contributed by atoms with E-state index in [-0.39, 0.29) is 11.7 Å². The molecule has 0 fully saturated rings. The van der Waals surface area contributed by atoms with Crippen molar-refractivity contribution in [2.75, 3.05) is 5.32 Å². The summed E-state index contributed by atoms with van der Waals surface area (Å²) >= 11 is 12.4. The molecule has 0 saturated heterocycles. The molecular weight excluding hydrogens is 457 g/mol. The van der Waals surface area contributed by atoms with Crippen LogP contribution in [-0.2, 0) is 6.54 Å². The molecule has 33 heavy (non-hydrogen) atoms. The Hall–Kier alpha value is -3.41. The molecule has 4 rings (SSSR count). The summed E-state index contributed by atoms with van der Waals surface area (Å²) in [4.78, 5) is 26.1. The number of amides is 1. The zero-order valence-corrected chi connectivity index (χ0v) is 19.6.